The highest BCUT2D eigenvalue weighted by Gasteiger charge is 2.43. The molecule has 0 bridgehead atoms. The van der Waals surface area contributed by atoms with Crippen molar-refractivity contribution in [3.05, 3.63) is 59.7 Å². The third-order valence-corrected chi connectivity index (χ3v) is 7.18. The van der Waals surface area contributed by atoms with Crippen LogP contribution < -0.4 is 10.7 Å². The quantitative estimate of drug-likeness (QED) is 0.589. The van der Waals surface area contributed by atoms with Crippen LogP contribution >= 0.6 is 0 Å². The highest BCUT2D eigenvalue weighted by atomic mass is 19.1. The van der Waals surface area contributed by atoms with Crippen LogP contribution in [0.15, 0.2) is 42.6 Å². The molecule has 5 nitrogen and oxygen atoms in total. The summed E-state index contributed by atoms with van der Waals surface area (Å²) >= 11 is 0. The van der Waals surface area contributed by atoms with Gasteiger partial charge in [0.05, 0.1) is 0 Å². The van der Waals surface area contributed by atoms with E-state index in [9.17, 15) is 9.18 Å². The molecule has 1 saturated heterocycles. The molecule has 4 rings (SSSR count). The van der Waals surface area contributed by atoms with Crippen molar-refractivity contribution >= 4 is 11.6 Å². The van der Waals surface area contributed by atoms with E-state index in [0.717, 1.165) is 30.5 Å². The second kappa shape index (κ2) is 10.1. The predicted octanol–water partition coefficient (Wildman–Crippen LogP) is 5.69. The first-order valence-corrected chi connectivity index (χ1v) is 12.0. The Morgan fingerprint density at radius 1 is 1.19 bits per heavy atom. The van der Waals surface area contributed by atoms with Crippen LogP contribution in [0.2, 0.25) is 0 Å². The molecule has 1 amide bonds. The molecule has 0 radical (unpaired) electrons. The summed E-state index contributed by atoms with van der Waals surface area (Å²) in [5, 5.41) is 5.23. The van der Waals surface area contributed by atoms with E-state index >= 15 is 0 Å². The van der Waals surface area contributed by atoms with Crippen LogP contribution in [0.5, 0.6) is 0 Å². The van der Waals surface area contributed by atoms with Crippen molar-refractivity contribution in [3.63, 3.8) is 0 Å². The van der Waals surface area contributed by atoms with Gasteiger partial charge in [-0.3, -0.25) is 4.79 Å². The zero-order valence-corrected chi connectivity index (χ0v) is 19.2. The minimum Gasteiger partial charge on any atom is -0.322 e. The van der Waals surface area contributed by atoms with E-state index in [-0.39, 0.29) is 17.0 Å². The highest BCUT2D eigenvalue weighted by molar-refractivity contribution is 6.04. The Bertz CT molecular complexity index is 928. The van der Waals surface area contributed by atoms with E-state index in [2.05, 4.69) is 40.6 Å². The van der Waals surface area contributed by atoms with Crippen molar-refractivity contribution < 1.29 is 9.18 Å². The Kier molecular flexibility index (Phi) is 7.21. The number of benzene rings is 1. The van der Waals surface area contributed by atoms with E-state index < -0.39 is 5.95 Å². The molecule has 1 aliphatic carbocycles. The maximum absolute atomic E-state index is 13.3. The Morgan fingerprint density at radius 3 is 2.69 bits per heavy atom. The van der Waals surface area contributed by atoms with E-state index in [4.69, 9.17) is 0 Å². The van der Waals surface area contributed by atoms with Crippen molar-refractivity contribution in [2.45, 2.75) is 83.3 Å². The smallest absolute Gasteiger partial charge is 0.255 e. The van der Waals surface area contributed by atoms with Crippen molar-refractivity contribution in [2.24, 2.45) is 5.92 Å². The molecule has 1 aromatic heterocycles. The number of pyridine rings is 1. The van der Waals surface area contributed by atoms with Gasteiger partial charge in [-0.25, -0.2) is 15.4 Å². The average molecular weight is 439 g/mol. The highest BCUT2D eigenvalue weighted by Crippen LogP contribution is 2.38. The van der Waals surface area contributed by atoms with Gasteiger partial charge < -0.3 is 5.32 Å². The van der Waals surface area contributed by atoms with Gasteiger partial charge in [0.25, 0.3) is 5.91 Å². The first-order valence-electron chi connectivity index (χ1n) is 12.0. The molecule has 1 aromatic carbocycles. The fourth-order valence-corrected chi connectivity index (χ4v) is 5.45. The number of anilines is 1. The summed E-state index contributed by atoms with van der Waals surface area (Å²) in [4.78, 5) is 16.0. The average Bonchev–Trinajstić information content (AvgIpc) is 3.02. The van der Waals surface area contributed by atoms with Crippen LogP contribution in [0.25, 0.3) is 0 Å². The number of nitrogens with one attached hydrogen (secondary N) is 2. The fourth-order valence-electron chi connectivity index (χ4n) is 5.45. The molecule has 0 spiro atoms. The van der Waals surface area contributed by atoms with Crippen LogP contribution in [-0.4, -0.2) is 27.5 Å². The molecule has 2 fully saturated rings. The number of halogens is 1. The molecule has 2 unspecified atom stereocenters. The van der Waals surface area contributed by atoms with Crippen LogP contribution in [0.4, 0.5) is 10.1 Å². The van der Waals surface area contributed by atoms with Gasteiger partial charge >= 0.3 is 0 Å². The van der Waals surface area contributed by atoms with E-state index in [1.165, 1.54) is 57.2 Å². The normalized spacial score (nSPS) is 25.3. The first-order chi connectivity index (χ1) is 15.4. The molecule has 2 atom stereocenters. The molecule has 2 N–H and O–H groups in total. The lowest BCUT2D eigenvalue weighted by Crippen LogP contribution is -2.49. The zero-order valence-electron chi connectivity index (χ0n) is 19.2. The Labute approximate surface area is 190 Å². The molecule has 2 aromatic rings. The minimum atomic E-state index is -0.659. The topological polar surface area (TPSA) is 57.3 Å². The number of hydrogen-bond donors (Lipinski definition) is 2. The number of hydrazine groups is 1. The number of hydrogen-bond acceptors (Lipinski definition) is 4. The summed E-state index contributed by atoms with van der Waals surface area (Å²) in [6.45, 7) is 5.47. The molecular weight excluding hydrogens is 403 g/mol. The standard InChI is InChI=1S/C26H35FN4O/c1-19-17-26(2,22-10-6-4-3-5-7-11-22)30-31(19)18-20-9-8-12-23(15-20)29-25(32)21-13-14-28-24(27)16-21/h8-9,12-16,19,22,30H,3-7,10-11,17-18H2,1-2H3,(H,29,32). The first kappa shape index (κ1) is 22.9. The van der Waals surface area contributed by atoms with Crippen molar-refractivity contribution in [2.75, 3.05) is 5.32 Å². The molecule has 1 aliphatic heterocycles. The maximum Gasteiger partial charge on any atom is 0.255 e. The van der Waals surface area contributed by atoms with Gasteiger partial charge in [-0.05, 0) is 62.8 Å². The van der Waals surface area contributed by atoms with E-state index in [1.54, 1.807) is 0 Å². The number of carbonyl (C=O) groups is 1. The maximum atomic E-state index is 13.3. The van der Waals surface area contributed by atoms with E-state index in [1.807, 2.05) is 18.2 Å². The Morgan fingerprint density at radius 2 is 1.94 bits per heavy atom. The molecule has 6 heteroatoms. The van der Waals surface area contributed by atoms with Gasteiger partial charge in [-0.2, -0.15) is 4.39 Å². The summed E-state index contributed by atoms with van der Waals surface area (Å²) < 4.78 is 13.3. The molecule has 2 heterocycles. The number of amides is 1. The predicted molar refractivity (Wildman–Crippen MR) is 126 cm³/mol. The monoisotopic (exact) mass is 438 g/mol. The minimum absolute atomic E-state index is 0.147. The van der Waals surface area contributed by atoms with E-state index in [0.29, 0.717) is 11.7 Å². The van der Waals surface area contributed by atoms with Crippen LogP contribution in [0, 0.1) is 11.9 Å². The van der Waals surface area contributed by atoms with Gasteiger partial charge in [0.1, 0.15) is 0 Å². The summed E-state index contributed by atoms with van der Waals surface area (Å²) in [6.07, 6.45) is 11.9. The van der Waals surface area contributed by atoms with Crippen LogP contribution in [0.3, 0.4) is 0 Å². The Hall–Kier alpha value is -2.31. The lowest BCUT2D eigenvalue weighted by molar-refractivity contribution is 0.102. The summed E-state index contributed by atoms with van der Waals surface area (Å²) in [6, 6.07) is 11.0. The lowest BCUT2D eigenvalue weighted by Gasteiger charge is -2.36. The zero-order chi connectivity index (χ0) is 22.6. The number of nitrogens with zero attached hydrogens (tertiary/aromatic N) is 2. The van der Waals surface area contributed by atoms with Gasteiger partial charge in [-0.15, -0.1) is 0 Å². The number of rotatable bonds is 5. The van der Waals surface area contributed by atoms with Gasteiger partial charge in [0, 0.05) is 41.6 Å². The SMILES string of the molecule is CC1CC(C)(C2CCCCCCC2)NN1Cc1cccc(NC(=O)c2ccnc(F)c2)c1. The van der Waals surface area contributed by atoms with Gasteiger partial charge in [0.2, 0.25) is 5.95 Å². The van der Waals surface area contributed by atoms with Crippen molar-refractivity contribution in [1.29, 1.82) is 0 Å². The Balaban J connectivity index is 1.40. The second-order valence-electron chi connectivity index (χ2n) is 9.77. The molecule has 1 saturated carbocycles. The summed E-state index contributed by atoms with van der Waals surface area (Å²) in [5.74, 6) is -0.276. The second-order valence-corrected chi connectivity index (χ2v) is 9.77. The number of carbonyl (C=O) groups excluding carboxylic acids is 1. The molecule has 32 heavy (non-hydrogen) atoms. The lowest BCUT2D eigenvalue weighted by atomic mass is 9.75. The number of aromatic nitrogens is 1. The molecule has 2 aliphatic rings. The van der Waals surface area contributed by atoms with Crippen molar-refractivity contribution in [3.8, 4) is 0 Å². The van der Waals surface area contributed by atoms with Crippen molar-refractivity contribution in [1.82, 2.24) is 15.4 Å². The summed E-state index contributed by atoms with van der Waals surface area (Å²) in [5.41, 5.74) is 6.11. The third kappa shape index (κ3) is 5.54. The molecule has 172 valence electrons. The third-order valence-electron chi connectivity index (χ3n) is 7.18. The van der Waals surface area contributed by atoms with Gasteiger partial charge in [0.15, 0.2) is 0 Å². The van der Waals surface area contributed by atoms with Crippen LogP contribution in [0.1, 0.15) is 81.1 Å². The molecular formula is C26H35FN4O. The fraction of sp³-hybridized carbons (Fsp3) is 0.538. The van der Waals surface area contributed by atoms with Crippen LogP contribution in [-0.2, 0) is 6.54 Å². The van der Waals surface area contributed by atoms with Gasteiger partial charge in [-0.1, -0.05) is 44.2 Å². The largest absolute Gasteiger partial charge is 0.322 e. The summed E-state index contributed by atoms with van der Waals surface area (Å²) in [7, 11) is 0.